The van der Waals surface area contributed by atoms with Crippen molar-refractivity contribution in [3.05, 3.63) is 23.8 Å². The van der Waals surface area contributed by atoms with Crippen molar-refractivity contribution in [2.24, 2.45) is 5.92 Å². The third-order valence-corrected chi connectivity index (χ3v) is 8.20. The van der Waals surface area contributed by atoms with Crippen molar-refractivity contribution in [1.29, 1.82) is 0 Å². The van der Waals surface area contributed by atoms with E-state index in [9.17, 15) is 22.8 Å². The normalized spacial score (nSPS) is 24.1. The number of benzene rings is 1. The van der Waals surface area contributed by atoms with Crippen LogP contribution in [0.4, 0.5) is 10.5 Å². The van der Waals surface area contributed by atoms with Gasteiger partial charge in [-0.15, -0.1) is 0 Å². The van der Waals surface area contributed by atoms with Gasteiger partial charge in [-0.05, 0) is 50.3 Å². The van der Waals surface area contributed by atoms with Crippen LogP contribution < -0.4 is 16.0 Å². The van der Waals surface area contributed by atoms with Gasteiger partial charge in [-0.3, -0.25) is 14.9 Å². The van der Waals surface area contributed by atoms with E-state index in [0.717, 1.165) is 0 Å². The molecule has 1 aliphatic carbocycles. The summed E-state index contributed by atoms with van der Waals surface area (Å²) in [6.07, 6.45) is 1.68. The molecule has 30 heavy (non-hydrogen) atoms. The van der Waals surface area contributed by atoms with Crippen LogP contribution in [0, 0.1) is 12.8 Å². The zero-order valence-corrected chi connectivity index (χ0v) is 18.3. The number of urea groups is 1. The first kappa shape index (κ1) is 22.2. The maximum atomic E-state index is 12.9. The monoisotopic (exact) mass is 436 g/mol. The van der Waals surface area contributed by atoms with Crippen molar-refractivity contribution in [2.45, 2.75) is 56.9 Å². The molecule has 3 rings (SSSR count). The number of hydrogen-bond donors (Lipinski definition) is 3. The molecule has 1 saturated carbocycles. The molecule has 1 saturated heterocycles. The van der Waals surface area contributed by atoms with Gasteiger partial charge in [-0.25, -0.2) is 13.2 Å². The summed E-state index contributed by atoms with van der Waals surface area (Å²) in [4.78, 5) is 36.4. The van der Waals surface area contributed by atoms with Crippen molar-refractivity contribution in [3.8, 4) is 0 Å². The van der Waals surface area contributed by atoms with E-state index in [1.165, 1.54) is 10.4 Å². The van der Waals surface area contributed by atoms with Crippen LogP contribution >= 0.6 is 0 Å². The average molecular weight is 437 g/mol. The second-order valence-corrected chi connectivity index (χ2v) is 9.73. The number of carbonyl (C=O) groups excluding carboxylic acids is 3. The molecular formula is C20H28N4O5S. The quantitative estimate of drug-likeness (QED) is 0.586. The number of carbonyl (C=O) groups is 3. The second-order valence-electron chi connectivity index (χ2n) is 7.82. The van der Waals surface area contributed by atoms with E-state index in [4.69, 9.17) is 0 Å². The molecule has 0 bridgehead atoms. The topological polar surface area (TPSA) is 125 Å². The molecule has 4 amide bonds. The van der Waals surface area contributed by atoms with Gasteiger partial charge in [0, 0.05) is 24.7 Å². The number of anilines is 1. The van der Waals surface area contributed by atoms with Gasteiger partial charge in [-0.1, -0.05) is 19.9 Å². The Hall–Kier alpha value is -2.46. The van der Waals surface area contributed by atoms with Gasteiger partial charge < -0.3 is 10.6 Å². The van der Waals surface area contributed by atoms with E-state index >= 15 is 0 Å². The molecule has 10 heteroatoms. The molecule has 1 aromatic rings. The minimum atomic E-state index is -3.64. The Morgan fingerprint density at radius 2 is 1.83 bits per heavy atom. The summed E-state index contributed by atoms with van der Waals surface area (Å²) in [7, 11) is -3.64. The summed E-state index contributed by atoms with van der Waals surface area (Å²) in [5.74, 6) is -0.870. The van der Waals surface area contributed by atoms with Crippen LogP contribution in [-0.4, -0.2) is 49.2 Å². The highest BCUT2D eigenvalue weighted by molar-refractivity contribution is 7.89. The molecular weight excluding hydrogens is 408 g/mol. The van der Waals surface area contributed by atoms with Gasteiger partial charge in [0.05, 0.1) is 4.90 Å². The number of nitrogens with one attached hydrogen (secondary N) is 3. The third-order valence-electron chi connectivity index (χ3n) is 6.00. The number of sulfonamides is 1. The van der Waals surface area contributed by atoms with E-state index in [2.05, 4.69) is 16.0 Å². The molecule has 1 aromatic carbocycles. The SMILES string of the molecule is CCN(CC)S(=O)(=O)c1cc(NC(=O)C2CCC3(CC2)NC(=O)NC3=O)ccc1C. The van der Waals surface area contributed by atoms with Crippen molar-refractivity contribution in [3.63, 3.8) is 0 Å². The zero-order chi connectivity index (χ0) is 22.1. The van der Waals surface area contributed by atoms with E-state index in [1.54, 1.807) is 32.9 Å². The molecule has 164 valence electrons. The Morgan fingerprint density at radius 3 is 2.37 bits per heavy atom. The molecule has 1 heterocycles. The van der Waals surface area contributed by atoms with Gasteiger partial charge in [0.1, 0.15) is 5.54 Å². The smallest absolute Gasteiger partial charge is 0.322 e. The predicted molar refractivity (Wildman–Crippen MR) is 111 cm³/mol. The molecule has 2 aliphatic rings. The summed E-state index contributed by atoms with van der Waals surface area (Å²) in [6.45, 7) is 6.02. The fourth-order valence-electron chi connectivity index (χ4n) is 4.16. The Labute approximate surface area is 176 Å². The molecule has 0 radical (unpaired) electrons. The lowest BCUT2D eigenvalue weighted by Gasteiger charge is -2.33. The first-order chi connectivity index (χ1) is 14.1. The molecule has 2 fully saturated rings. The Morgan fingerprint density at radius 1 is 1.20 bits per heavy atom. The number of nitrogens with zero attached hydrogens (tertiary/aromatic N) is 1. The van der Waals surface area contributed by atoms with Gasteiger partial charge >= 0.3 is 6.03 Å². The molecule has 3 N–H and O–H groups in total. The number of hydrogen-bond acceptors (Lipinski definition) is 5. The van der Waals surface area contributed by atoms with E-state index in [-0.39, 0.29) is 22.6 Å². The highest BCUT2D eigenvalue weighted by Crippen LogP contribution is 2.35. The standard InChI is InChI=1S/C20H28N4O5S/c1-4-24(5-2)30(28,29)16-12-15(7-6-13(16)3)21-17(25)14-8-10-20(11-9-14)18(26)22-19(27)23-20/h6-7,12,14H,4-5,8-11H2,1-3H3,(H,21,25)(H2,22,23,26,27). The average Bonchev–Trinajstić information content (AvgIpc) is 2.97. The van der Waals surface area contributed by atoms with Crippen LogP contribution in [-0.2, 0) is 19.6 Å². The van der Waals surface area contributed by atoms with Gasteiger partial charge in [0.15, 0.2) is 0 Å². The van der Waals surface area contributed by atoms with Crippen molar-refractivity contribution in [2.75, 3.05) is 18.4 Å². The first-order valence-corrected chi connectivity index (χ1v) is 11.6. The van der Waals surface area contributed by atoms with Crippen LogP contribution in [0.1, 0.15) is 45.1 Å². The highest BCUT2D eigenvalue weighted by atomic mass is 32.2. The fraction of sp³-hybridized carbons (Fsp3) is 0.550. The molecule has 0 aromatic heterocycles. The van der Waals surface area contributed by atoms with Crippen LogP contribution in [0.2, 0.25) is 0 Å². The number of imide groups is 1. The third kappa shape index (κ3) is 4.06. The molecule has 0 unspecified atom stereocenters. The predicted octanol–water partition coefficient (Wildman–Crippen LogP) is 1.73. The zero-order valence-electron chi connectivity index (χ0n) is 17.4. The maximum absolute atomic E-state index is 12.9. The Bertz CT molecular complexity index is 963. The van der Waals surface area contributed by atoms with E-state index in [1.807, 2.05) is 0 Å². The van der Waals surface area contributed by atoms with Crippen LogP contribution in [0.15, 0.2) is 23.1 Å². The first-order valence-electron chi connectivity index (χ1n) is 10.2. The number of rotatable bonds is 6. The summed E-state index contributed by atoms with van der Waals surface area (Å²) >= 11 is 0. The Kier molecular flexibility index (Phi) is 6.19. The van der Waals surface area contributed by atoms with Gasteiger partial charge in [-0.2, -0.15) is 4.31 Å². The Balaban J connectivity index is 1.71. The second kappa shape index (κ2) is 8.35. The molecule has 1 spiro atoms. The summed E-state index contributed by atoms with van der Waals surface area (Å²) < 4.78 is 27.2. The van der Waals surface area contributed by atoms with E-state index < -0.39 is 21.6 Å². The van der Waals surface area contributed by atoms with Crippen molar-refractivity contribution in [1.82, 2.24) is 14.9 Å². The maximum Gasteiger partial charge on any atom is 0.322 e. The van der Waals surface area contributed by atoms with Crippen molar-refractivity contribution >= 4 is 33.6 Å². The van der Waals surface area contributed by atoms with Gasteiger partial charge in [0.2, 0.25) is 15.9 Å². The number of aryl methyl sites for hydroxylation is 1. The van der Waals surface area contributed by atoms with Crippen LogP contribution in [0.5, 0.6) is 0 Å². The largest absolute Gasteiger partial charge is 0.326 e. The van der Waals surface area contributed by atoms with E-state index in [0.29, 0.717) is 50.0 Å². The van der Waals surface area contributed by atoms with Gasteiger partial charge in [0.25, 0.3) is 5.91 Å². The summed E-state index contributed by atoms with van der Waals surface area (Å²) in [5, 5.41) is 7.75. The minimum Gasteiger partial charge on any atom is -0.326 e. The molecule has 1 aliphatic heterocycles. The minimum absolute atomic E-state index is 0.178. The number of amides is 4. The molecule has 9 nitrogen and oxygen atoms in total. The lowest BCUT2D eigenvalue weighted by molar-refractivity contribution is -0.128. The summed E-state index contributed by atoms with van der Waals surface area (Å²) in [6, 6.07) is 4.36. The van der Waals surface area contributed by atoms with Crippen LogP contribution in [0.3, 0.4) is 0 Å². The summed E-state index contributed by atoms with van der Waals surface area (Å²) in [5.41, 5.74) is 0.119. The molecule has 0 atom stereocenters. The highest BCUT2D eigenvalue weighted by Gasteiger charge is 2.48. The van der Waals surface area contributed by atoms with Crippen molar-refractivity contribution < 1.29 is 22.8 Å². The fourth-order valence-corrected chi connectivity index (χ4v) is 5.86. The lowest BCUT2D eigenvalue weighted by atomic mass is 9.76. The lowest BCUT2D eigenvalue weighted by Crippen LogP contribution is -2.50. The van der Waals surface area contributed by atoms with Crippen LogP contribution in [0.25, 0.3) is 0 Å².